The molecule has 1 N–H and O–H groups in total. The number of rotatable bonds is 4. The van der Waals surface area contributed by atoms with Crippen LogP contribution in [0.5, 0.6) is 0 Å². The van der Waals surface area contributed by atoms with Crippen molar-refractivity contribution in [2.24, 2.45) is 0 Å². The summed E-state index contributed by atoms with van der Waals surface area (Å²) in [5, 5.41) is 2.98. The summed E-state index contributed by atoms with van der Waals surface area (Å²) in [6.07, 6.45) is 1.73. The molecule has 118 valence electrons. The summed E-state index contributed by atoms with van der Waals surface area (Å²) >= 11 is 0. The monoisotopic (exact) mass is 307 g/mol. The van der Waals surface area contributed by atoms with Crippen LogP contribution in [0.1, 0.15) is 22.3 Å². The lowest BCUT2D eigenvalue weighted by molar-refractivity contribution is -0.121. The van der Waals surface area contributed by atoms with Gasteiger partial charge >= 0.3 is 0 Å². The third kappa shape index (κ3) is 3.26. The molecule has 0 spiro atoms. The number of fused-ring (bicyclic) bond motifs is 1. The Bertz CT molecular complexity index is 864. The Labute approximate surface area is 136 Å². The van der Waals surface area contributed by atoms with E-state index in [0.717, 1.165) is 16.6 Å². The lowest BCUT2D eigenvalue weighted by Crippen LogP contribution is -2.27. The molecule has 0 atom stereocenters. The third-order valence-electron chi connectivity index (χ3n) is 4.29. The molecule has 0 aliphatic heterocycles. The van der Waals surface area contributed by atoms with E-state index in [-0.39, 0.29) is 12.5 Å². The van der Waals surface area contributed by atoms with Gasteiger partial charge in [-0.3, -0.25) is 4.79 Å². The van der Waals surface area contributed by atoms with Gasteiger partial charge in [-0.2, -0.15) is 0 Å². The number of hydrogen-bond donors (Lipinski definition) is 1. The van der Waals surface area contributed by atoms with Crippen LogP contribution in [0.15, 0.2) is 42.7 Å². The predicted octanol–water partition coefficient (Wildman–Crippen LogP) is 3.28. The summed E-state index contributed by atoms with van der Waals surface area (Å²) in [5.74, 6) is -0.00854. The Balaban J connectivity index is 1.71. The van der Waals surface area contributed by atoms with Gasteiger partial charge < -0.3 is 9.88 Å². The molecule has 4 heteroatoms. The maximum Gasteiger partial charge on any atom is 0.240 e. The smallest absolute Gasteiger partial charge is 0.240 e. The first-order valence-electron chi connectivity index (χ1n) is 7.78. The first kappa shape index (κ1) is 15.3. The van der Waals surface area contributed by atoms with Crippen molar-refractivity contribution >= 4 is 16.9 Å². The minimum atomic E-state index is -0.00854. The summed E-state index contributed by atoms with van der Waals surface area (Å²) in [6, 6.07) is 12.2. The van der Waals surface area contributed by atoms with E-state index >= 15 is 0 Å². The number of nitrogens with one attached hydrogen (secondary N) is 1. The normalized spacial score (nSPS) is 10.9. The van der Waals surface area contributed by atoms with E-state index in [1.54, 1.807) is 6.33 Å². The van der Waals surface area contributed by atoms with E-state index in [9.17, 15) is 4.79 Å². The van der Waals surface area contributed by atoms with Crippen molar-refractivity contribution < 1.29 is 4.79 Å². The van der Waals surface area contributed by atoms with Crippen molar-refractivity contribution in [1.29, 1.82) is 0 Å². The third-order valence-corrected chi connectivity index (χ3v) is 4.29. The van der Waals surface area contributed by atoms with Crippen LogP contribution in [0.25, 0.3) is 11.0 Å². The largest absolute Gasteiger partial charge is 0.350 e. The van der Waals surface area contributed by atoms with E-state index < -0.39 is 0 Å². The van der Waals surface area contributed by atoms with Gasteiger partial charge in [0.15, 0.2) is 0 Å². The summed E-state index contributed by atoms with van der Waals surface area (Å²) in [7, 11) is 0. The van der Waals surface area contributed by atoms with Crippen LogP contribution < -0.4 is 5.32 Å². The van der Waals surface area contributed by atoms with Gasteiger partial charge in [0.25, 0.3) is 0 Å². The molecule has 0 aliphatic carbocycles. The van der Waals surface area contributed by atoms with Crippen LogP contribution in [0, 0.1) is 20.8 Å². The average molecular weight is 307 g/mol. The first-order valence-corrected chi connectivity index (χ1v) is 7.78. The van der Waals surface area contributed by atoms with E-state index in [4.69, 9.17) is 0 Å². The molecule has 4 nitrogen and oxygen atoms in total. The number of carbonyl (C=O) groups is 1. The highest BCUT2D eigenvalue weighted by atomic mass is 16.1. The molecule has 3 aromatic rings. The van der Waals surface area contributed by atoms with Crippen molar-refractivity contribution in [2.75, 3.05) is 0 Å². The number of nitrogens with zero attached hydrogens (tertiary/aromatic N) is 2. The van der Waals surface area contributed by atoms with Crippen molar-refractivity contribution in [2.45, 2.75) is 33.9 Å². The second-order valence-corrected chi connectivity index (χ2v) is 6.00. The second kappa shape index (κ2) is 6.24. The van der Waals surface area contributed by atoms with E-state index in [0.29, 0.717) is 6.54 Å². The van der Waals surface area contributed by atoms with Gasteiger partial charge in [-0.25, -0.2) is 4.98 Å². The zero-order chi connectivity index (χ0) is 16.4. The number of aryl methyl sites for hydroxylation is 3. The minimum absolute atomic E-state index is 0.00854. The van der Waals surface area contributed by atoms with Crippen molar-refractivity contribution in [3.05, 3.63) is 65.0 Å². The maximum atomic E-state index is 12.2. The quantitative estimate of drug-likeness (QED) is 0.804. The zero-order valence-electron chi connectivity index (χ0n) is 13.8. The van der Waals surface area contributed by atoms with Crippen LogP contribution in [0.3, 0.4) is 0 Å². The maximum absolute atomic E-state index is 12.2. The van der Waals surface area contributed by atoms with Gasteiger partial charge in [0, 0.05) is 6.54 Å². The molecule has 0 bridgehead atoms. The van der Waals surface area contributed by atoms with Crippen molar-refractivity contribution in [1.82, 2.24) is 14.9 Å². The molecule has 3 rings (SSSR count). The fraction of sp³-hybridized carbons (Fsp3) is 0.263. The highest BCUT2D eigenvalue weighted by Gasteiger charge is 2.09. The molecule has 0 saturated carbocycles. The Hall–Kier alpha value is -2.62. The fourth-order valence-electron chi connectivity index (χ4n) is 2.65. The van der Waals surface area contributed by atoms with Gasteiger partial charge in [-0.1, -0.05) is 24.3 Å². The molecular formula is C19H21N3O. The second-order valence-electron chi connectivity index (χ2n) is 6.00. The Morgan fingerprint density at radius 2 is 1.83 bits per heavy atom. The molecule has 0 unspecified atom stereocenters. The van der Waals surface area contributed by atoms with E-state index in [2.05, 4.69) is 49.3 Å². The van der Waals surface area contributed by atoms with E-state index in [1.165, 1.54) is 16.7 Å². The minimum Gasteiger partial charge on any atom is -0.350 e. The molecule has 2 aromatic carbocycles. The van der Waals surface area contributed by atoms with Gasteiger partial charge in [-0.05, 0) is 55.2 Å². The zero-order valence-corrected chi connectivity index (χ0v) is 13.8. The van der Waals surface area contributed by atoms with Crippen LogP contribution in [-0.4, -0.2) is 15.5 Å². The first-order chi connectivity index (χ1) is 11.0. The molecular weight excluding hydrogens is 286 g/mol. The average Bonchev–Trinajstić information content (AvgIpc) is 2.89. The SMILES string of the molecule is Cc1cc2ncn(CC(=O)NCc3ccccc3C)c2cc1C. The summed E-state index contributed by atoms with van der Waals surface area (Å²) < 4.78 is 1.90. The molecule has 0 radical (unpaired) electrons. The number of aromatic nitrogens is 2. The van der Waals surface area contributed by atoms with Crippen molar-refractivity contribution in [3.63, 3.8) is 0 Å². The molecule has 1 heterocycles. The Morgan fingerprint density at radius 1 is 1.09 bits per heavy atom. The van der Waals surface area contributed by atoms with Gasteiger partial charge in [0.1, 0.15) is 6.54 Å². The number of benzene rings is 2. The Kier molecular flexibility index (Phi) is 4.15. The van der Waals surface area contributed by atoms with Gasteiger partial charge in [0.05, 0.1) is 17.4 Å². The predicted molar refractivity (Wildman–Crippen MR) is 92.2 cm³/mol. The number of hydrogen-bond acceptors (Lipinski definition) is 2. The standard InChI is InChI=1S/C19H21N3O/c1-13-6-4-5-7-16(13)10-20-19(23)11-22-12-21-17-8-14(2)15(3)9-18(17)22/h4-9,12H,10-11H2,1-3H3,(H,20,23). The van der Waals surface area contributed by atoms with Crippen LogP contribution in [-0.2, 0) is 17.9 Å². The lowest BCUT2D eigenvalue weighted by Gasteiger charge is -2.09. The number of imidazole rings is 1. The lowest BCUT2D eigenvalue weighted by atomic mass is 10.1. The Morgan fingerprint density at radius 3 is 2.61 bits per heavy atom. The van der Waals surface area contributed by atoms with Gasteiger partial charge in [0.2, 0.25) is 5.91 Å². The molecule has 23 heavy (non-hydrogen) atoms. The van der Waals surface area contributed by atoms with E-state index in [1.807, 2.05) is 22.8 Å². The van der Waals surface area contributed by atoms with Gasteiger partial charge in [-0.15, -0.1) is 0 Å². The highest BCUT2D eigenvalue weighted by molar-refractivity contribution is 5.81. The molecule has 0 saturated heterocycles. The molecule has 1 aromatic heterocycles. The topological polar surface area (TPSA) is 46.9 Å². The van der Waals surface area contributed by atoms with Crippen molar-refractivity contribution in [3.8, 4) is 0 Å². The number of carbonyl (C=O) groups excluding carboxylic acids is 1. The molecule has 0 aliphatic rings. The molecule has 0 fully saturated rings. The number of amides is 1. The van der Waals surface area contributed by atoms with Crippen LogP contribution >= 0.6 is 0 Å². The summed E-state index contributed by atoms with van der Waals surface area (Å²) in [5.41, 5.74) is 6.68. The molecule has 1 amide bonds. The van der Waals surface area contributed by atoms with Crippen LogP contribution in [0.2, 0.25) is 0 Å². The fourth-order valence-corrected chi connectivity index (χ4v) is 2.65. The highest BCUT2D eigenvalue weighted by Crippen LogP contribution is 2.18. The summed E-state index contributed by atoms with van der Waals surface area (Å²) in [6.45, 7) is 7.03. The summed E-state index contributed by atoms with van der Waals surface area (Å²) in [4.78, 5) is 16.6. The van der Waals surface area contributed by atoms with Crippen LogP contribution in [0.4, 0.5) is 0 Å².